The lowest BCUT2D eigenvalue weighted by Gasteiger charge is -2.20. The standard InChI is InChI=1S/C22H26N4O2S/c1-16-18(6-4-7-21(16)25-29(2,27)28)14-26-12-10-19(15-26)24-22-8-3-5-17-13-23-11-9-20(17)22/h3-9,11,13,19,24-25H,10,12,14-15H2,1-2H3/t19-/m1/s1. The second-order valence-corrected chi connectivity index (χ2v) is 9.48. The van der Waals surface area contributed by atoms with Crippen molar-refractivity contribution >= 4 is 32.2 Å². The fourth-order valence-electron chi connectivity index (χ4n) is 3.97. The van der Waals surface area contributed by atoms with E-state index in [-0.39, 0.29) is 0 Å². The number of hydrogen-bond donors (Lipinski definition) is 2. The molecule has 0 spiro atoms. The zero-order valence-corrected chi connectivity index (χ0v) is 17.5. The van der Waals surface area contributed by atoms with Crippen molar-refractivity contribution in [1.82, 2.24) is 9.88 Å². The van der Waals surface area contributed by atoms with E-state index < -0.39 is 10.0 Å². The van der Waals surface area contributed by atoms with Crippen LogP contribution in [0, 0.1) is 6.92 Å². The zero-order valence-electron chi connectivity index (χ0n) is 16.7. The molecule has 0 bridgehead atoms. The van der Waals surface area contributed by atoms with Gasteiger partial charge in [0.15, 0.2) is 0 Å². The Morgan fingerprint density at radius 3 is 2.76 bits per heavy atom. The Labute approximate surface area is 172 Å². The minimum atomic E-state index is -3.28. The number of likely N-dealkylation sites (tertiary alicyclic amines) is 1. The van der Waals surface area contributed by atoms with Gasteiger partial charge < -0.3 is 5.32 Å². The average molecular weight is 411 g/mol. The molecular formula is C22H26N4O2S. The molecule has 0 amide bonds. The highest BCUT2D eigenvalue weighted by molar-refractivity contribution is 7.92. The maximum absolute atomic E-state index is 11.6. The minimum Gasteiger partial charge on any atom is -0.380 e. The number of rotatable bonds is 6. The van der Waals surface area contributed by atoms with E-state index in [0.717, 1.165) is 48.3 Å². The highest BCUT2D eigenvalue weighted by Gasteiger charge is 2.23. The number of sulfonamides is 1. The van der Waals surface area contributed by atoms with Gasteiger partial charge in [0.2, 0.25) is 10.0 Å². The molecule has 2 heterocycles. The Hall–Kier alpha value is -2.64. The zero-order chi connectivity index (χ0) is 20.4. The Balaban J connectivity index is 1.44. The highest BCUT2D eigenvalue weighted by atomic mass is 32.2. The number of hydrogen-bond acceptors (Lipinski definition) is 5. The van der Waals surface area contributed by atoms with Gasteiger partial charge in [-0.3, -0.25) is 14.6 Å². The maximum Gasteiger partial charge on any atom is 0.229 e. The van der Waals surface area contributed by atoms with E-state index in [0.29, 0.717) is 11.7 Å². The molecule has 3 aromatic rings. The first-order chi connectivity index (χ1) is 13.9. The van der Waals surface area contributed by atoms with Crippen molar-refractivity contribution in [1.29, 1.82) is 0 Å². The van der Waals surface area contributed by atoms with Crippen LogP contribution in [0.25, 0.3) is 10.8 Å². The van der Waals surface area contributed by atoms with Crippen LogP contribution in [0.5, 0.6) is 0 Å². The van der Waals surface area contributed by atoms with Crippen LogP contribution in [-0.4, -0.2) is 43.7 Å². The molecule has 1 fully saturated rings. The third kappa shape index (κ3) is 4.68. The lowest BCUT2D eigenvalue weighted by Crippen LogP contribution is -2.26. The molecule has 2 aromatic carbocycles. The van der Waals surface area contributed by atoms with E-state index in [9.17, 15) is 8.42 Å². The number of pyridine rings is 1. The first-order valence-electron chi connectivity index (χ1n) is 9.77. The SMILES string of the molecule is Cc1c(CN2CC[C@@H](Nc3cccc4cnccc34)C2)cccc1NS(C)(=O)=O. The van der Waals surface area contributed by atoms with Gasteiger partial charge >= 0.3 is 0 Å². The van der Waals surface area contributed by atoms with Gasteiger partial charge in [-0.15, -0.1) is 0 Å². The van der Waals surface area contributed by atoms with E-state index in [1.54, 1.807) is 0 Å². The highest BCUT2D eigenvalue weighted by Crippen LogP contribution is 2.26. The molecule has 1 aromatic heterocycles. The normalized spacial score (nSPS) is 17.5. The van der Waals surface area contributed by atoms with Gasteiger partial charge in [-0.05, 0) is 42.7 Å². The molecule has 0 radical (unpaired) electrons. The number of benzene rings is 2. The maximum atomic E-state index is 11.6. The summed E-state index contributed by atoms with van der Waals surface area (Å²) in [4.78, 5) is 6.62. The van der Waals surface area contributed by atoms with Crippen LogP contribution in [0.1, 0.15) is 17.5 Å². The van der Waals surface area contributed by atoms with E-state index in [1.165, 1.54) is 11.6 Å². The van der Waals surface area contributed by atoms with E-state index >= 15 is 0 Å². The van der Waals surface area contributed by atoms with Crippen molar-refractivity contribution in [3.8, 4) is 0 Å². The molecule has 0 saturated carbocycles. The van der Waals surface area contributed by atoms with Gasteiger partial charge in [0, 0.05) is 54.5 Å². The minimum absolute atomic E-state index is 0.381. The van der Waals surface area contributed by atoms with Crippen LogP contribution in [0.2, 0.25) is 0 Å². The summed E-state index contributed by atoms with van der Waals surface area (Å²) in [6.45, 7) is 4.74. The molecule has 6 nitrogen and oxygen atoms in total. The Morgan fingerprint density at radius 2 is 1.93 bits per heavy atom. The van der Waals surface area contributed by atoms with Gasteiger partial charge in [-0.25, -0.2) is 8.42 Å². The molecule has 1 aliphatic rings. The van der Waals surface area contributed by atoms with E-state index in [2.05, 4.69) is 44.2 Å². The summed E-state index contributed by atoms with van der Waals surface area (Å²) >= 11 is 0. The monoisotopic (exact) mass is 410 g/mol. The number of fused-ring (bicyclic) bond motifs is 1. The van der Waals surface area contributed by atoms with Crippen molar-refractivity contribution in [2.75, 3.05) is 29.4 Å². The third-order valence-electron chi connectivity index (χ3n) is 5.45. The van der Waals surface area contributed by atoms with Crippen molar-refractivity contribution in [2.45, 2.75) is 25.9 Å². The molecule has 29 heavy (non-hydrogen) atoms. The molecule has 1 saturated heterocycles. The second-order valence-electron chi connectivity index (χ2n) is 7.73. The van der Waals surface area contributed by atoms with Crippen LogP contribution in [0.15, 0.2) is 54.9 Å². The van der Waals surface area contributed by atoms with Crippen molar-refractivity contribution in [3.05, 3.63) is 66.0 Å². The fourth-order valence-corrected chi connectivity index (χ4v) is 4.59. The summed E-state index contributed by atoms with van der Waals surface area (Å²) in [7, 11) is -3.28. The molecule has 152 valence electrons. The van der Waals surface area contributed by atoms with Gasteiger partial charge in [0.1, 0.15) is 0 Å². The first kappa shape index (κ1) is 19.7. The summed E-state index contributed by atoms with van der Waals surface area (Å²) in [5.74, 6) is 0. The Morgan fingerprint density at radius 1 is 1.14 bits per heavy atom. The van der Waals surface area contributed by atoms with Crippen LogP contribution in [0.3, 0.4) is 0 Å². The largest absolute Gasteiger partial charge is 0.380 e. The topological polar surface area (TPSA) is 74.3 Å². The van der Waals surface area contributed by atoms with Crippen molar-refractivity contribution in [3.63, 3.8) is 0 Å². The number of nitrogens with one attached hydrogen (secondary N) is 2. The van der Waals surface area contributed by atoms with Gasteiger partial charge in [-0.2, -0.15) is 0 Å². The van der Waals surface area contributed by atoms with E-state index in [1.807, 2.05) is 37.5 Å². The summed E-state index contributed by atoms with van der Waals surface area (Å²) < 4.78 is 25.8. The molecule has 2 N–H and O–H groups in total. The number of anilines is 2. The van der Waals surface area contributed by atoms with Crippen LogP contribution in [-0.2, 0) is 16.6 Å². The lowest BCUT2D eigenvalue weighted by atomic mass is 10.1. The summed E-state index contributed by atoms with van der Waals surface area (Å²) in [5, 5.41) is 6.02. The summed E-state index contributed by atoms with van der Waals surface area (Å²) in [6.07, 6.45) is 5.97. The van der Waals surface area contributed by atoms with Crippen molar-refractivity contribution in [2.24, 2.45) is 0 Å². The third-order valence-corrected chi connectivity index (χ3v) is 6.04. The molecule has 1 atom stereocenters. The number of nitrogens with zero attached hydrogens (tertiary/aromatic N) is 2. The molecule has 4 rings (SSSR count). The fraction of sp³-hybridized carbons (Fsp3) is 0.318. The van der Waals surface area contributed by atoms with Crippen LogP contribution < -0.4 is 10.0 Å². The molecule has 0 aliphatic carbocycles. The molecule has 0 unspecified atom stereocenters. The Bertz CT molecular complexity index is 1130. The molecule has 7 heteroatoms. The summed E-state index contributed by atoms with van der Waals surface area (Å²) in [5.41, 5.74) is 3.93. The number of aromatic nitrogens is 1. The predicted molar refractivity (Wildman–Crippen MR) is 119 cm³/mol. The molecular weight excluding hydrogens is 384 g/mol. The first-order valence-corrected chi connectivity index (χ1v) is 11.7. The van der Waals surface area contributed by atoms with Gasteiger partial charge in [0.05, 0.1) is 11.9 Å². The van der Waals surface area contributed by atoms with Crippen LogP contribution >= 0.6 is 0 Å². The van der Waals surface area contributed by atoms with E-state index in [4.69, 9.17) is 0 Å². The molecule has 1 aliphatic heterocycles. The Kier molecular flexibility index (Phi) is 5.43. The van der Waals surface area contributed by atoms with Crippen LogP contribution in [0.4, 0.5) is 11.4 Å². The second kappa shape index (κ2) is 8.00. The predicted octanol–water partition coefficient (Wildman–Crippen LogP) is 3.60. The van der Waals surface area contributed by atoms with Gasteiger partial charge in [-0.1, -0.05) is 24.3 Å². The van der Waals surface area contributed by atoms with Crippen molar-refractivity contribution < 1.29 is 8.42 Å². The quantitative estimate of drug-likeness (QED) is 0.649. The summed E-state index contributed by atoms with van der Waals surface area (Å²) in [6, 6.07) is 14.5. The van der Waals surface area contributed by atoms with Gasteiger partial charge in [0.25, 0.3) is 0 Å². The lowest BCUT2D eigenvalue weighted by molar-refractivity contribution is 0.328. The average Bonchev–Trinajstić information content (AvgIpc) is 3.11. The smallest absolute Gasteiger partial charge is 0.229 e.